The zero-order chi connectivity index (χ0) is 22.7. The summed E-state index contributed by atoms with van der Waals surface area (Å²) in [5.41, 5.74) is 7.66. The van der Waals surface area contributed by atoms with Crippen molar-refractivity contribution in [2.45, 2.75) is 17.4 Å². The minimum absolute atomic E-state index is 0.0382. The molecule has 0 spiro atoms. The molecule has 0 aliphatic heterocycles. The minimum Gasteiger partial charge on any atom is -0.508 e. The van der Waals surface area contributed by atoms with Gasteiger partial charge in [-0.2, -0.15) is 0 Å². The number of benzene rings is 3. The molecule has 1 heterocycles. The number of sulfonamides is 1. The van der Waals surface area contributed by atoms with E-state index in [9.17, 15) is 13.5 Å². The van der Waals surface area contributed by atoms with E-state index in [1.165, 1.54) is 29.5 Å². The van der Waals surface area contributed by atoms with Crippen LogP contribution in [0.2, 0.25) is 0 Å². The predicted molar refractivity (Wildman–Crippen MR) is 123 cm³/mol. The molecule has 0 fully saturated rings. The van der Waals surface area contributed by atoms with Crippen molar-refractivity contribution < 1.29 is 18.7 Å². The lowest BCUT2D eigenvalue weighted by Crippen LogP contribution is -2.30. The number of aromatic nitrogens is 1. The lowest BCUT2D eigenvalue weighted by molar-refractivity contribution is 0.318. The molecule has 8 nitrogen and oxygen atoms in total. The first-order valence-corrected chi connectivity index (χ1v) is 11.9. The van der Waals surface area contributed by atoms with Crippen molar-refractivity contribution >= 4 is 37.4 Å². The van der Waals surface area contributed by atoms with Gasteiger partial charge in [0.1, 0.15) is 10.8 Å². The monoisotopic (exact) mass is 468 g/mol. The van der Waals surface area contributed by atoms with Gasteiger partial charge < -0.3 is 16.0 Å². The van der Waals surface area contributed by atoms with Gasteiger partial charge in [0.05, 0.1) is 21.2 Å². The van der Waals surface area contributed by atoms with Crippen LogP contribution in [-0.4, -0.2) is 29.6 Å². The van der Waals surface area contributed by atoms with Crippen molar-refractivity contribution in [3.63, 3.8) is 0 Å². The van der Waals surface area contributed by atoms with Crippen LogP contribution >= 0.6 is 11.3 Å². The Morgan fingerprint density at radius 2 is 1.88 bits per heavy atom. The Balaban J connectivity index is 1.74. The largest absolute Gasteiger partial charge is 0.508 e. The molecule has 0 radical (unpaired) electrons. The van der Waals surface area contributed by atoms with Crippen LogP contribution in [0, 0.1) is 0 Å². The second-order valence-electron chi connectivity index (χ2n) is 7.08. The highest BCUT2D eigenvalue weighted by Gasteiger charge is 2.25. The van der Waals surface area contributed by atoms with Crippen LogP contribution in [0.4, 0.5) is 0 Å². The van der Waals surface area contributed by atoms with Gasteiger partial charge in [-0.15, -0.1) is 11.3 Å². The number of rotatable bonds is 7. The first kappa shape index (κ1) is 21.8. The zero-order valence-electron chi connectivity index (χ0n) is 16.7. The van der Waals surface area contributed by atoms with Gasteiger partial charge in [-0.25, -0.2) is 18.1 Å². The summed E-state index contributed by atoms with van der Waals surface area (Å²) in [7, 11) is -3.83. The Bertz CT molecular complexity index is 1390. The Kier molecular flexibility index (Phi) is 6.08. The Hall–Kier alpha value is -3.47. The molecule has 1 atom stereocenters. The van der Waals surface area contributed by atoms with Gasteiger partial charge in [0.15, 0.2) is 5.84 Å². The number of phenols is 1. The molecule has 164 valence electrons. The number of hydrogen-bond acceptors (Lipinski definition) is 7. The van der Waals surface area contributed by atoms with E-state index in [0.29, 0.717) is 16.1 Å². The Labute approximate surface area is 188 Å². The van der Waals surface area contributed by atoms with Crippen molar-refractivity contribution in [3.8, 4) is 5.75 Å². The zero-order valence-corrected chi connectivity index (χ0v) is 18.3. The number of nitrogens with two attached hydrogens (primary N) is 1. The third kappa shape index (κ3) is 4.72. The molecule has 5 N–H and O–H groups in total. The molecule has 0 aliphatic carbocycles. The van der Waals surface area contributed by atoms with E-state index in [-0.39, 0.29) is 22.9 Å². The number of phenolic OH excluding ortho intramolecular Hbond substituents is 1. The van der Waals surface area contributed by atoms with E-state index in [1.807, 2.05) is 6.07 Å². The summed E-state index contributed by atoms with van der Waals surface area (Å²) in [6.07, 6.45) is 0.282. The number of amidine groups is 1. The van der Waals surface area contributed by atoms with Crippen molar-refractivity contribution in [3.05, 3.63) is 88.9 Å². The summed E-state index contributed by atoms with van der Waals surface area (Å²) in [5, 5.41) is 22.3. The van der Waals surface area contributed by atoms with Crippen molar-refractivity contribution in [1.29, 1.82) is 0 Å². The summed E-state index contributed by atoms with van der Waals surface area (Å²) in [5.74, 6) is 0.0734. The molecule has 4 rings (SSSR count). The van der Waals surface area contributed by atoms with Crippen LogP contribution in [0.5, 0.6) is 5.75 Å². The molecule has 1 unspecified atom stereocenters. The second kappa shape index (κ2) is 8.95. The maximum atomic E-state index is 13.1. The van der Waals surface area contributed by atoms with Gasteiger partial charge >= 0.3 is 0 Å². The van der Waals surface area contributed by atoms with Gasteiger partial charge in [-0.3, -0.25) is 0 Å². The summed E-state index contributed by atoms with van der Waals surface area (Å²) < 4.78 is 29.6. The summed E-state index contributed by atoms with van der Waals surface area (Å²) in [4.78, 5) is 4.74. The lowest BCUT2D eigenvalue weighted by Gasteiger charge is -2.17. The molecule has 0 amide bonds. The number of hydrogen-bond donors (Lipinski definition) is 4. The molecule has 0 saturated heterocycles. The molecule has 3 aromatic carbocycles. The number of thiazole rings is 1. The van der Waals surface area contributed by atoms with Gasteiger partial charge in [0.2, 0.25) is 10.0 Å². The van der Waals surface area contributed by atoms with Gasteiger partial charge in [-0.1, -0.05) is 41.6 Å². The van der Waals surface area contributed by atoms with E-state index in [0.717, 1.165) is 10.3 Å². The van der Waals surface area contributed by atoms with E-state index in [1.54, 1.807) is 48.5 Å². The molecule has 0 aliphatic rings. The molecule has 0 saturated carbocycles. The maximum absolute atomic E-state index is 13.1. The van der Waals surface area contributed by atoms with E-state index in [2.05, 4.69) is 14.9 Å². The molecular weight excluding hydrogens is 448 g/mol. The minimum atomic E-state index is -3.83. The quantitative estimate of drug-likeness (QED) is 0.142. The second-order valence-corrected chi connectivity index (χ2v) is 9.86. The van der Waals surface area contributed by atoms with Crippen molar-refractivity contribution in [2.24, 2.45) is 10.9 Å². The Morgan fingerprint density at radius 3 is 2.62 bits per heavy atom. The smallest absolute Gasteiger partial charge is 0.241 e. The maximum Gasteiger partial charge on any atom is 0.241 e. The number of nitrogens with zero attached hydrogens (tertiary/aromatic N) is 2. The van der Waals surface area contributed by atoms with Crippen LogP contribution in [0.25, 0.3) is 10.2 Å². The normalized spacial score (nSPS) is 13.3. The molecule has 0 bridgehead atoms. The first-order valence-electron chi connectivity index (χ1n) is 9.59. The highest BCUT2D eigenvalue weighted by atomic mass is 32.2. The van der Waals surface area contributed by atoms with Gasteiger partial charge in [-0.05, 0) is 48.4 Å². The van der Waals surface area contributed by atoms with Gasteiger partial charge in [0, 0.05) is 5.56 Å². The van der Waals surface area contributed by atoms with Crippen LogP contribution in [0.1, 0.15) is 22.2 Å². The third-order valence-electron chi connectivity index (χ3n) is 4.81. The van der Waals surface area contributed by atoms with E-state index < -0.39 is 16.1 Å². The summed E-state index contributed by atoms with van der Waals surface area (Å²) in [6.45, 7) is 0. The molecular formula is C22H20N4O4S2. The van der Waals surface area contributed by atoms with Crippen LogP contribution in [0.15, 0.2) is 82.8 Å². The third-order valence-corrected chi connectivity index (χ3v) is 7.43. The highest BCUT2D eigenvalue weighted by Crippen LogP contribution is 2.31. The van der Waals surface area contributed by atoms with Crippen molar-refractivity contribution in [1.82, 2.24) is 9.71 Å². The number of aromatic hydroxyl groups is 1. The number of fused-ring (bicyclic) bond motifs is 1. The van der Waals surface area contributed by atoms with Gasteiger partial charge in [0.25, 0.3) is 0 Å². The van der Waals surface area contributed by atoms with E-state index in [4.69, 9.17) is 10.9 Å². The highest BCUT2D eigenvalue weighted by molar-refractivity contribution is 7.89. The standard InChI is InChI=1S/C22H20N4O4S2/c23-21(25-28)15-6-4-5-14(11-15)12-19(26-32(29,30)17-7-2-1-3-8-17)22-24-18-10-9-16(27)13-20(18)31-22/h1-11,13,19,26-28H,12H2,(H2,23,25). The SMILES string of the molecule is NC(=NO)c1cccc(CC(NS(=O)(=O)c2ccccc2)c2nc3ccc(O)cc3s2)c1. The molecule has 10 heteroatoms. The molecule has 1 aromatic heterocycles. The van der Waals surface area contributed by atoms with Crippen molar-refractivity contribution in [2.75, 3.05) is 0 Å². The molecule has 32 heavy (non-hydrogen) atoms. The predicted octanol–water partition coefficient (Wildman–Crippen LogP) is 3.36. The summed E-state index contributed by atoms with van der Waals surface area (Å²) >= 11 is 1.30. The summed E-state index contributed by atoms with van der Waals surface area (Å²) in [6, 6.07) is 19.3. The number of oxime groups is 1. The Morgan fingerprint density at radius 1 is 1.09 bits per heavy atom. The van der Waals surface area contributed by atoms with Crippen LogP contribution < -0.4 is 10.5 Å². The average molecular weight is 469 g/mol. The fourth-order valence-electron chi connectivity index (χ4n) is 3.27. The average Bonchev–Trinajstić information content (AvgIpc) is 3.22. The topological polar surface area (TPSA) is 138 Å². The first-order chi connectivity index (χ1) is 15.4. The lowest BCUT2D eigenvalue weighted by atomic mass is 10.0. The van der Waals surface area contributed by atoms with Crippen LogP contribution in [0.3, 0.4) is 0 Å². The fourth-order valence-corrected chi connectivity index (χ4v) is 5.61. The van der Waals surface area contributed by atoms with Crippen LogP contribution in [-0.2, 0) is 16.4 Å². The molecule has 4 aromatic rings. The fraction of sp³-hybridized carbons (Fsp3) is 0.0909. The van der Waals surface area contributed by atoms with E-state index >= 15 is 0 Å². The number of nitrogens with one attached hydrogen (secondary N) is 1.